The van der Waals surface area contributed by atoms with E-state index in [0.29, 0.717) is 16.6 Å². The van der Waals surface area contributed by atoms with Crippen LogP contribution in [0, 0.1) is 11.8 Å². The van der Waals surface area contributed by atoms with Gasteiger partial charge in [-0.3, -0.25) is 13.4 Å². The Morgan fingerprint density at radius 2 is 1.74 bits per heavy atom. The number of aromatic nitrogens is 3. The first-order valence-electron chi connectivity index (χ1n) is 9.06. The van der Waals surface area contributed by atoms with E-state index in [2.05, 4.69) is 35.0 Å². The molecule has 17 nitrogen and oxygen atoms in total. The third-order valence-corrected chi connectivity index (χ3v) is 7.94. The van der Waals surface area contributed by atoms with Gasteiger partial charge in [-0.2, -0.15) is 0 Å². The number of nitrogens with two attached hydrogens (primary N) is 2. The number of nitrogens with zero attached hydrogens (tertiary/aromatic N) is 3. The van der Waals surface area contributed by atoms with E-state index in [9.17, 15) is 38.4 Å². The fourth-order valence-corrected chi connectivity index (χ4v) is 5.92. The second kappa shape index (κ2) is 16.3. The molecule has 0 radical (unpaired) electrons. The van der Waals surface area contributed by atoms with Crippen molar-refractivity contribution in [3.05, 3.63) is 18.1 Å². The summed E-state index contributed by atoms with van der Waals surface area (Å²) in [6.45, 7) is -0.862. The van der Waals surface area contributed by atoms with Crippen LogP contribution in [0.5, 0.6) is 0 Å². The molecule has 5 unspecified atom stereocenters. The summed E-state index contributed by atoms with van der Waals surface area (Å²) >= 11 is 0. The predicted molar refractivity (Wildman–Crippen MR) is 103 cm³/mol. The molecule has 3 rings (SSSR count). The fourth-order valence-electron chi connectivity index (χ4n) is 3.05. The zero-order valence-corrected chi connectivity index (χ0v) is 23.5. The van der Waals surface area contributed by atoms with Gasteiger partial charge in [-0.15, -0.1) is 0 Å². The van der Waals surface area contributed by atoms with Crippen LogP contribution in [-0.2, 0) is 31.6 Å². The Morgan fingerprint density at radius 3 is 2.32 bits per heavy atom. The minimum Gasteiger partial charge on any atom is -0.790 e. The number of aliphatic hydroxyl groups is 1. The SMILES string of the molecule is NCC#Cc1cn(C2CC(O)C(COP(=O)([O-])OP(=O)([O-])OP(=O)([O-])[O-])O2)c2ncnc(N)c12.[Li+].[Li+].[Li+].[Li+]. The van der Waals surface area contributed by atoms with Crippen LogP contribution < -0.4 is 106 Å². The topological polar surface area (TPSA) is 283 Å². The van der Waals surface area contributed by atoms with Gasteiger partial charge in [0.2, 0.25) is 0 Å². The van der Waals surface area contributed by atoms with Crippen LogP contribution in [0.15, 0.2) is 12.5 Å². The fraction of sp³-hybridized carbons (Fsp3) is 0.429. The number of phosphoric ester groups is 1. The summed E-state index contributed by atoms with van der Waals surface area (Å²) in [4.78, 5) is 51.7. The Hall–Kier alpha value is 0.660. The number of hydrogen-bond acceptors (Lipinski definition) is 16. The zero-order valence-electron chi connectivity index (χ0n) is 20.8. The largest absolute Gasteiger partial charge is 1.00 e. The van der Waals surface area contributed by atoms with E-state index in [1.807, 2.05) is 0 Å². The molecule has 24 heteroatoms. The molecule has 0 amide bonds. The molecule has 1 saturated heterocycles. The quantitative estimate of drug-likeness (QED) is 0.152. The molecule has 5 N–H and O–H groups in total. The second-order valence-electron chi connectivity index (χ2n) is 6.65. The van der Waals surface area contributed by atoms with Gasteiger partial charge >= 0.3 is 75.4 Å². The first kappa shape index (κ1) is 40.8. The molecule has 2 aromatic rings. The summed E-state index contributed by atoms with van der Waals surface area (Å²) in [5.74, 6) is 5.60. The Kier molecular flexibility index (Phi) is 17.5. The first-order valence-corrected chi connectivity index (χ1v) is 13.4. The van der Waals surface area contributed by atoms with E-state index >= 15 is 0 Å². The van der Waals surface area contributed by atoms with Crippen molar-refractivity contribution in [2.75, 3.05) is 18.9 Å². The number of ether oxygens (including phenoxy) is 1. The number of hydrogen-bond donors (Lipinski definition) is 3. The second-order valence-corrected chi connectivity index (χ2v) is 10.9. The molecule has 1 aliphatic heterocycles. The number of fused-ring (bicyclic) bond motifs is 1. The predicted octanol–water partition coefficient (Wildman–Crippen LogP) is -15.2. The molecule has 0 aliphatic carbocycles. The van der Waals surface area contributed by atoms with Gasteiger partial charge in [-0.05, 0) is 0 Å². The van der Waals surface area contributed by atoms with E-state index in [0.717, 1.165) is 0 Å². The van der Waals surface area contributed by atoms with Crippen molar-refractivity contribution in [1.82, 2.24) is 14.5 Å². The number of anilines is 1. The average Bonchev–Trinajstić information content (AvgIpc) is 3.23. The van der Waals surface area contributed by atoms with E-state index in [4.69, 9.17) is 16.2 Å². The molecule has 188 valence electrons. The Morgan fingerprint density at radius 1 is 1.11 bits per heavy atom. The van der Waals surface area contributed by atoms with Crippen molar-refractivity contribution in [1.29, 1.82) is 0 Å². The third-order valence-electron chi connectivity index (χ3n) is 4.28. The van der Waals surface area contributed by atoms with E-state index in [1.165, 1.54) is 17.1 Å². The molecule has 0 bridgehead atoms. The molecule has 0 aromatic carbocycles. The molecular formula is C14H16Li4N5O12P3. The van der Waals surface area contributed by atoms with Crippen LogP contribution in [0.2, 0.25) is 0 Å². The Balaban J connectivity index is 0. The smallest absolute Gasteiger partial charge is 0.790 e. The maximum absolute atomic E-state index is 11.7. The molecule has 0 spiro atoms. The van der Waals surface area contributed by atoms with Crippen molar-refractivity contribution in [2.45, 2.75) is 24.9 Å². The Labute approximate surface area is 264 Å². The van der Waals surface area contributed by atoms with E-state index in [-0.39, 0.29) is 94.2 Å². The molecule has 1 aliphatic rings. The van der Waals surface area contributed by atoms with Crippen LogP contribution in [0.4, 0.5) is 5.82 Å². The maximum Gasteiger partial charge on any atom is 1.00 e. The van der Waals surface area contributed by atoms with Crippen LogP contribution in [0.1, 0.15) is 18.2 Å². The van der Waals surface area contributed by atoms with Crippen molar-refractivity contribution >= 4 is 40.3 Å². The minimum absolute atomic E-state index is 0. The first-order chi connectivity index (χ1) is 15.7. The van der Waals surface area contributed by atoms with Gasteiger partial charge in [-0.1, -0.05) is 11.8 Å². The number of aliphatic hydroxyl groups excluding tert-OH is 1. The van der Waals surface area contributed by atoms with Gasteiger partial charge in [-0.25, -0.2) is 14.3 Å². The maximum atomic E-state index is 11.7. The molecule has 3 heterocycles. The van der Waals surface area contributed by atoms with Crippen LogP contribution >= 0.6 is 23.5 Å². The summed E-state index contributed by atoms with van der Waals surface area (Å²) < 4.78 is 51.3. The summed E-state index contributed by atoms with van der Waals surface area (Å²) in [6, 6.07) is 0. The average molecular weight is 567 g/mol. The number of rotatable bonds is 8. The van der Waals surface area contributed by atoms with Gasteiger partial charge in [0.1, 0.15) is 30.1 Å². The minimum atomic E-state index is -6.11. The summed E-state index contributed by atoms with van der Waals surface area (Å²) in [5.41, 5.74) is 12.0. The van der Waals surface area contributed by atoms with Gasteiger partial charge < -0.3 is 54.5 Å². The number of nitrogen functional groups attached to an aromatic ring is 1. The van der Waals surface area contributed by atoms with E-state index in [1.54, 1.807) is 0 Å². The standard InChI is InChI=1S/C14H20N5O12P3.4Li/c15-3-1-2-8-5-19(14-12(8)13(16)17-7-18-14)11-4-9(20)10(29-11)6-28-33(24,25)31-34(26,27)30-32(21,22)23;;;;/h5,7,9-11,20H,3-4,6,15H2,(H,24,25)(H,26,27)(H2,16,17,18)(H2,21,22,23);;;;/q;4*+1/p-4. The molecule has 38 heavy (non-hydrogen) atoms. The van der Waals surface area contributed by atoms with Crippen molar-refractivity contribution in [3.8, 4) is 11.8 Å². The zero-order chi connectivity index (χ0) is 25.3. The van der Waals surface area contributed by atoms with Crippen LogP contribution in [-0.4, -0.2) is 45.0 Å². The third kappa shape index (κ3) is 11.1. The molecule has 0 saturated carbocycles. The van der Waals surface area contributed by atoms with Crippen LogP contribution in [0.3, 0.4) is 0 Å². The van der Waals surface area contributed by atoms with Crippen molar-refractivity contribution in [2.24, 2.45) is 5.73 Å². The van der Waals surface area contributed by atoms with Crippen LogP contribution in [0.25, 0.3) is 11.0 Å². The monoisotopic (exact) mass is 567 g/mol. The summed E-state index contributed by atoms with van der Waals surface area (Å²) in [7, 11) is -18.0. The summed E-state index contributed by atoms with van der Waals surface area (Å²) in [5, 5.41) is 10.7. The van der Waals surface area contributed by atoms with Gasteiger partial charge in [0.05, 0.1) is 38.0 Å². The molecule has 1 fully saturated rings. The van der Waals surface area contributed by atoms with E-state index < -0.39 is 48.5 Å². The van der Waals surface area contributed by atoms with Crippen molar-refractivity contribution < 1.29 is 132 Å². The van der Waals surface area contributed by atoms with Gasteiger partial charge in [0, 0.05) is 12.6 Å². The molecular weight excluding hydrogens is 551 g/mol. The Bertz CT molecular complexity index is 1290. The normalized spacial score (nSPS) is 21.8. The molecule has 2 aromatic heterocycles. The van der Waals surface area contributed by atoms with Gasteiger partial charge in [0.15, 0.2) is 0 Å². The number of phosphoric acid groups is 3. The molecule has 5 atom stereocenters. The van der Waals surface area contributed by atoms with Gasteiger partial charge in [0.25, 0.3) is 15.6 Å². The summed E-state index contributed by atoms with van der Waals surface area (Å²) in [6.07, 6.45) is -0.856. The van der Waals surface area contributed by atoms with Crippen molar-refractivity contribution in [3.63, 3.8) is 0 Å².